The molecule has 2 heterocycles. The van der Waals surface area contributed by atoms with Crippen LogP contribution in [0.2, 0.25) is 0 Å². The molecule has 0 saturated heterocycles. The number of aromatic nitrogens is 1. The summed E-state index contributed by atoms with van der Waals surface area (Å²) in [5.74, 6) is 0.891. The van der Waals surface area contributed by atoms with Crippen molar-refractivity contribution in [2.75, 3.05) is 0 Å². The lowest BCUT2D eigenvalue weighted by Crippen LogP contribution is -2.22. The molecule has 0 radical (unpaired) electrons. The minimum Gasteiger partial charge on any atom is -0.444 e. The fourth-order valence-corrected chi connectivity index (χ4v) is 2.27. The van der Waals surface area contributed by atoms with Gasteiger partial charge in [0.2, 0.25) is 11.0 Å². The van der Waals surface area contributed by atoms with Gasteiger partial charge in [0.25, 0.3) is 10.0 Å². The van der Waals surface area contributed by atoms with Crippen LogP contribution in [0.25, 0.3) is 0 Å². The molecule has 0 aromatic carbocycles. The molecule has 7 nitrogen and oxygen atoms in total. The van der Waals surface area contributed by atoms with Gasteiger partial charge in [-0.15, -0.1) is 0 Å². The van der Waals surface area contributed by atoms with E-state index in [-0.39, 0.29) is 23.3 Å². The highest BCUT2D eigenvalue weighted by Crippen LogP contribution is 2.13. The molecule has 0 aliphatic carbocycles. The van der Waals surface area contributed by atoms with Crippen LogP contribution in [0, 0.1) is 0 Å². The quantitative estimate of drug-likeness (QED) is 0.797. The lowest BCUT2D eigenvalue weighted by molar-refractivity contribution is 0.109. The highest BCUT2D eigenvalue weighted by Gasteiger charge is 2.19. The molecule has 0 unspecified atom stereocenters. The van der Waals surface area contributed by atoms with Crippen molar-refractivity contribution in [1.29, 1.82) is 0 Å². The third-order valence-electron chi connectivity index (χ3n) is 2.35. The van der Waals surface area contributed by atoms with Crippen molar-refractivity contribution in [1.82, 2.24) is 9.71 Å². The first kappa shape index (κ1) is 13.5. The van der Waals surface area contributed by atoms with Crippen LogP contribution in [0.3, 0.4) is 0 Å². The Bertz CT molecular complexity index is 671. The van der Waals surface area contributed by atoms with Crippen molar-refractivity contribution in [3.05, 3.63) is 35.7 Å². The van der Waals surface area contributed by atoms with Gasteiger partial charge in [-0.25, -0.2) is 13.4 Å². The number of aldehydes is 1. The van der Waals surface area contributed by atoms with Crippen molar-refractivity contribution in [2.24, 2.45) is 0 Å². The number of sulfonamides is 1. The maximum atomic E-state index is 11.8. The van der Waals surface area contributed by atoms with Gasteiger partial charge < -0.3 is 8.83 Å². The first-order valence-electron chi connectivity index (χ1n) is 5.53. The van der Waals surface area contributed by atoms with Crippen molar-refractivity contribution >= 4 is 16.3 Å². The van der Waals surface area contributed by atoms with Crippen molar-refractivity contribution in [3.8, 4) is 0 Å². The number of carbonyl (C=O) groups is 1. The molecule has 8 heteroatoms. The van der Waals surface area contributed by atoms with Crippen LogP contribution in [0.4, 0.5) is 0 Å². The molecule has 2 aromatic heterocycles. The summed E-state index contributed by atoms with van der Waals surface area (Å²) in [7, 11) is -3.82. The Morgan fingerprint density at radius 2 is 2.16 bits per heavy atom. The second-order valence-corrected chi connectivity index (χ2v) is 5.37. The number of nitrogens with one attached hydrogen (secondary N) is 1. The third-order valence-corrected chi connectivity index (χ3v) is 3.62. The van der Waals surface area contributed by atoms with Crippen LogP contribution >= 0.6 is 0 Å². The standard InChI is InChI=1S/C11H12N2O5S/c1-2-8-5-12-10(17-8)6-13-19(15,16)11-4-3-9(7-14)18-11/h3-5,7,13H,2,6H2,1H3. The molecule has 0 aliphatic heterocycles. The second kappa shape index (κ2) is 5.37. The SMILES string of the molecule is CCc1cnc(CNS(=O)(=O)c2ccc(C=O)o2)o1. The fraction of sp³-hybridized carbons (Fsp3) is 0.273. The summed E-state index contributed by atoms with van der Waals surface area (Å²) in [5, 5.41) is -0.322. The highest BCUT2D eigenvalue weighted by molar-refractivity contribution is 7.89. The van der Waals surface area contributed by atoms with Crippen LogP contribution in [-0.4, -0.2) is 19.7 Å². The van der Waals surface area contributed by atoms with Crippen LogP contribution < -0.4 is 4.72 Å². The van der Waals surface area contributed by atoms with E-state index in [9.17, 15) is 13.2 Å². The largest absolute Gasteiger partial charge is 0.444 e. The summed E-state index contributed by atoms with van der Waals surface area (Å²) in [6.07, 6.45) is 2.66. The lowest BCUT2D eigenvalue weighted by atomic mass is 10.4. The van der Waals surface area contributed by atoms with E-state index in [0.717, 1.165) is 0 Å². The molecule has 0 fully saturated rings. The minimum absolute atomic E-state index is 0.0511. The molecule has 0 bridgehead atoms. The summed E-state index contributed by atoms with van der Waals surface area (Å²) in [6.45, 7) is 1.82. The third kappa shape index (κ3) is 3.09. The van der Waals surface area contributed by atoms with Gasteiger partial charge in [0.15, 0.2) is 12.0 Å². The normalized spacial score (nSPS) is 11.6. The summed E-state index contributed by atoms with van der Waals surface area (Å²) in [5.41, 5.74) is 0. The number of aryl methyl sites for hydroxylation is 1. The number of rotatable bonds is 6. The predicted molar refractivity (Wildman–Crippen MR) is 64.0 cm³/mol. The number of nitrogens with zero attached hydrogens (tertiary/aromatic N) is 1. The van der Waals surface area contributed by atoms with Gasteiger partial charge in [0.05, 0.1) is 12.7 Å². The van der Waals surface area contributed by atoms with E-state index in [1.807, 2.05) is 6.92 Å². The van der Waals surface area contributed by atoms with Crippen molar-refractivity contribution in [3.63, 3.8) is 0 Å². The van der Waals surface area contributed by atoms with Gasteiger partial charge in [-0.2, -0.15) is 4.72 Å². The Balaban J connectivity index is 2.07. The monoisotopic (exact) mass is 284 g/mol. The van der Waals surface area contributed by atoms with Gasteiger partial charge in [0, 0.05) is 6.42 Å². The van der Waals surface area contributed by atoms with E-state index in [4.69, 9.17) is 8.83 Å². The smallest absolute Gasteiger partial charge is 0.274 e. The van der Waals surface area contributed by atoms with Crippen molar-refractivity contribution < 1.29 is 22.0 Å². The van der Waals surface area contributed by atoms with E-state index < -0.39 is 10.0 Å². The molecule has 0 amide bonds. The fourth-order valence-electron chi connectivity index (χ4n) is 1.36. The Morgan fingerprint density at radius 3 is 2.74 bits per heavy atom. The molecule has 0 aliphatic rings. The Morgan fingerprint density at radius 1 is 1.37 bits per heavy atom. The molecule has 0 spiro atoms. The zero-order chi connectivity index (χ0) is 13.9. The predicted octanol–water partition coefficient (Wildman–Crippen LogP) is 1.12. The minimum atomic E-state index is -3.82. The van der Waals surface area contributed by atoms with E-state index >= 15 is 0 Å². The summed E-state index contributed by atoms with van der Waals surface area (Å²) in [4.78, 5) is 14.4. The molecular weight excluding hydrogens is 272 g/mol. The number of carbonyl (C=O) groups excluding carboxylic acids is 1. The van der Waals surface area contributed by atoms with Crippen LogP contribution in [0.1, 0.15) is 29.1 Å². The Hall–Kier alpha value is -1.93. The first-order chi connectivity index (χ1) is 9.05. The number of hydrogen-bond donors (Lipinski definition) is 1. The molecule has 1 N–H and O–H groups in total. The van der Waals surface area contributed by atoms with E-state index in [1.165, 1.54) is 12.1 Å². The molecular formula is C11H12N2O5S. The van der Waals surface area contributed by atoms with E-state index in [0.29, 0.717) is 18.5 Å². The van der Waals surface area contributed by atoms with Gasteiger partial charge in [-0.05, 0) is 12.1 Å². The maximum absolute atomic E-state index is 11.8. The van der Waals surface area contributed by atoms with Gasteiger partial charge in [-0.1, -0.05) is 6.92 Å². The average molecular weight is 284 g/mol. The number of hydrogen-bond acceptors (Lipinski definition) is 6. The number of oxazole rings is 1. The molecule has 0 atom stereocenters. The highest BCUT2D eigenvalue weighted by atomic mass is 32.2. The molecule has 2 aromatic rings. The Labute approximate surface area is 109 Å². The second-order valence-electron chi connectivity index (χ2n) is 3.67. The van der Waals surface area contributed by atoms with Gasteiger partial charge in [-0.3, -0.25) is 4.79 Å². The first-order valence-corrected chi connectivity index (χ1v) is 7.01. The maximum Gasteiger partial charge on any atom is 0.274 e. The summed E-state index contributed by atoms with van der Waals surface area (Å²) in [6, 6.07) is 2.49. The average Bonchev–Trinajstić information content (AvgIpc) is 3.05. The summed E-state index contributed by atoms with van der Waals surface area (Å²) < 4.78 is 36.0. The molecule has 102 valence electrons. The zero-order valence-corrected chi connectivity index (χ0v) is 10.9. The summed E-state index contributed by atoms with van der Waals surface area (Å²) >= 11 is 0. The van der Waals surface area contributed by atoms with Crippen molar-refractivity contribution in [2.45, 2.75) is 25.0 Å². The Kier molecular flexibility index (Phi) is 3.82. The van der Waals surface area contributed by atoms with Crippen LogP contribution in [0.5, 0.6) is 0 Å². The van der Waals surface area contributed by atoms with Crippen LogP contribution in [-0.2, 0) is 23.0 Å². The van der Waals surface area contributed by atoms with Gasteiger partial charge >= 0.3 is 0 Å². The van der Waals surface area contributed by atoms with Crippen LogP contribution in [0.15, 0.2) is 32.3 Å². The number of furan rings is 1. The molecule has 2 rings (SSSR count). The molecule has 0 saturated carbocycles. The topological polar surface area (TPSA) is 102 Å². The zero-order valence-electron chi connectivity index (χ0n) is 10.1. The van der Waals surface area contributed by atoms with Gasteiger partial charge in [0.1, 0.15) is 5.76 Å². The van der Waals surface area contributed by atoms with E-state index in [2.05, 4.69) is 9.71 Å². The van der Waals surface area contributed by atoms with E-state index in [1.54, 1.807) is 6.20 Å². The lowest BCUT2D eigenvalue weighted by Gasteiger charge is -2.00. The molecule has 19 heavy (non-hydrogen) atoms.